The van der Waals surface area contributed by atoms with E-state index in [1.54, 1.807) is 30.3 Å². The molecule has 0 saturated heterocycles. The van der Waals surface area contributed by atoms with Crippen molar-refractivity contribution in [2.75, 3.05) is 0 Å². The second-order valence-corrected chi connectivity index (χ2v) is 5.88. The fourth-order valence-electron chi connectivity index (χ4n) is 2.49. The zero-order valence-electron chi connectivity index (χ0n) is 12.4. The average molecular weight is 332 g/mol. The number of aromatic hydroxyl groups is 1. The van der Waals surface area contributed by atoms with E-state index >= 15 is 0 Å². The topological polar surface area (TPSA) is 94.8 Å². The Hall–Kier alpha value is -2.47. The van der Waals surface area contributed by atoms with Gasteiger partial charge in [0.05, 0.1) is 6.42 Å². The van der Waals surface area contributed by atoms with Crippen molar-refractivity contribution in [3.05, 3.63) is 59.2 Å². The molecule has 0 fully saturated rings. The summed E-state index contributed by atoms with van der Waals surface area (Å²) in [5.74, 6) is -2.56. The number of thiol groups is 1. The van der Waals surface area contributed by atoms with Gasteiger partial charge in [-0.15, -0.1) is 12.6 Å². The molecule has 2 rings (SSSR count). The van der Waals surface area contributed by atoms with Crippen molar-refractivity contribution in [2.45, 2.75) is 23.7 Å². The highest BCUT2D eigenvalue weighted by Gasteiger charge is 2.39. The van der Waals surface area contributed by atoms with E-state index in [1.165, 1.54) is 19.1 Å². The van der Waals surface area contributed by atoms with Crippen LogP contribution in [0.3, 0.4) is 0 Å². The first-order chi connectivity index (χ1) is 10.8. The Kier molecular flexibility index (Phi) is 4.65. The number of carbonyl (C=O) groups is 2. The first-order valence-corrected chi connectivity index (χ1v) is 7.27. The number of phenolic OH excluding ortho intramolecular Hbond substituents is 1. The summed E-state index contributed by atoms with van der Waals surface area (Å²) in [6, 6.07) is 11.1. The van der Waals surface area contributed by atoms with Crippen LogP contribution in [0, 0.1) is 0 Å². The maximum atomic E-state index is 11.9. The fraction of sp³-hybridized carbons (Fsp3) is 0.176. The third-order valence-corrected chi connectivity index (χ3v) is 4.17. The Balaban J connectivity index is 2.65. The molecule has 2 aromatic rings. The minimum absolute atomic E-state index is 0.149. The predicted octanol–water partition coefficient (Wildman–Crippen LogP) is 2.70. The van der Waals surface area contributed by atoms with Gasteiger partial charge < -0.3 is 15.3 Å². The Morgan fingerprint density at radius 1 is 1.09 bits per heavy atom. The SMILES string of the molecule is CC(C(=O)O)(c1ccc(S)cc1)c1cccc(CC(=O)O)c1O. The molecule has 0 spiro atoms. The van der Waals surface area contributed by atoms with Crippen LogP contribution >= 0.6 is 12.6 Å². The van der Waals surface area contributed by atoms with Crippen LogP contribution in [0.15, 0.2) is 47.4 Å². The molecule has 0 aliphatic heterocycles. The van der Waals surface area contributed by atoms with Gasteiger partial charge in [-0.25, -0.2) is 0 Å². The quantitative estimate of drug-likeness (QED) is 0.632. The van der Waals surface area contributed by atoms with Gasteiger partial charge in [-0.05, 0) is 24.6 Å². The summed E-state index contributed by atoms with van der Waals surface area (Å²) in [4.78, 5) is 23.5. The fourth-order valence-corrected chi connectivity index (χ4v) is 2.64. The van der Waals surface area contributed by atoms with Crippen LogP contribution in [-0.2, 0) is 21.4 Å². The summed E-state index contributed by atoms with van der Waals surface area (Å²) in [5, 5.41) is 29.1. The molecule has 3 N–H and O–H groups in total. The zero-order valence-corrected chi connectivity index (χ0v) is 13.2. The van der Waals surface area contributed by atoms with Crippen LogP contribution in [0.25, 0.3) is 0 Å². The first-order valence-electron chi connectivity index (χ1n) is 6.83. The standard InChI is InChI=1S/C17H16O5S/c1-17(16(21)22,11-5-7-12(23)8-6-11)13-4-2-3-10(15(13)20)9-14(18)19/h2-8,20,23H,9H2,1H3,(H,18,19)(H,21,22). The van der Waals surface area contributed by atoms with Crippen LogP contribution in [-0.4, -0.2) is 27.3 Å². The van der Waals surface area contributed by atoms with E-state index in [1.807, 2.05) is 0 Å². The number of phenols is 1. The number of benzene rings is 2. The van der Waals surface area contributed by atoms with Gasteiger partial charge in [-0.1, -0.05) is 30.3 Å². The van der Waals surface area contributed by atoms with E-state index in [0.29, 0.717) is 10.5 Å². The molecule has 0 aliphatic rings. The van der Waals surface area contributed by atoms with Crippen LogP contribution in [0.2, 0.25) is 0 Å². The predicted molar refractivity (Wildman–Crippen MR) is 87.2 cm³/mol. The average Bonchev–Trinajstić information content (AvgIpc) is 2.48. The normalized spacial score (nSPS) is 13.3. The van der Waals surface area contributed by atoms with Gasteiger partial charge >= 0.3 is 11.9 Å². The Labute approximate surface area is 138 Å². The molecular weight excluding hydrogens is 316 g/mol. The van der Waals surface area contributed by atoms with E-state index in [4.69, 9.17) is 5.11 Å². The van der Waals surface area contributed by atoms with Gasteiger partial charge in [0, 0.05) is 16.0 Å². The minimum Gasteiger partial charge on any atom is -0.507 e. The van der Waals surface area contributed by atoms with Crippen molar-refractivity contribution in [3.8, 4) is 5.75 Å². The molecule has 0 aliphatic carbocycles. The van der Waals surface area contributed by atoms with Crippen molar-refractivity contribution in [3.63, 3.8) is 0 Å². The largest absolute Gasteiger partial charge is 0.507 e. The molecule has 0 heterocycles. The minimum atomic E-state index is -1.51. The van der Waals surface area contributed by atoms with Crippen molar-refractivity contribution < 1.29 is 24.9 Å². The molecule has 0 aromatic heterocycles. The molecule has 6 heteroatoms. The molecule has 5 nitrogen and oxygen atoms in total. The molecule has 2 aromatic carbocycles. The number of hydrogen-bond donors (Lipinski definition) is 4. The van der Waals surface area contributed by atoms with Crippen molar-refractivity contribution >= 4 is 24.6 Å². The van der Waals surface area contributed by atoms with E-state index < -0.39 is 17.4 Å². The highest BCUT2D eigenvalue weighted by Crippen LogP contribution is 2.39. The third kappa shape index (κ3) is 3.17. The molecule has 1 unspecified atom stereocenters. The molecule has 0 bridgehead atoms. The maximum Gasteiger partial charge on any atom is 0.318 e. The monoisotopic (exact) mass is 332 g/mol. The number of carboxylic acids is 2. The van der Waals surface area contributed by atoms with E-state index in [2.05, 4.69) is 12.6 Å². The highest BCUT2D eigenvalue weighted by atomic mass is 32.1. The van der Waals surface area contributed by atoms with Crippen LogP contribution in [0.1, 0.15) is 23.6 Å². The Bertz CT molecular complexity index is 754. The lowest BCUT2D eigenvalue weighted by atomic mass is 9.75. The molecule has 1 atom stereocenters. The highest BCUT2D eigenvalue weighted by molar-refractivity contribution is 7.80. The van der Waals surface area contributed by atoms with Gasteiger partial charge in [-0.2, -0.15) is 0 Å². The lowest BCUT2D eigenvalue weighted by Crippen LogP contribution is -2.34. The van der Waals surface area contributed by atoms with Crippen LogP contribution in [0.5, 0.6) is 5.75 Å². The van der Waals surface area contributed by atoms with E-state index in [-0.39, 0.29) is 23.3 Å². The number of rotatable bonds is 5. The zero-order chi connectivity index (χ0) is 17.2. The van der Waals surface area contributed by atoms with E-state index in [9.17, 15) is 19.8 Å². The lowest BCUT2D eigenvalue weighted by molar-refractivity contribution is -0.141. The first kappa shape index (κ1) is 16.9. The maximum absolute atomic E-state index is 11.9. The van der Waals surface area contributed by atoms with E-state index in [0.717, 1.165) is 0 Å². The van der Waals surface area contributed by atoms with Gasteiger partial charge in [0.15, 0.2) is 0 Å². The molecular formula is C17H16O5S. The lowest BCUT2D eigenvalue weighted by Gasteiger charge is -2.27. The number of aliphatic carboxylic acids is 2. The number of hydrogen-bond acceptors (Lipinski definition) is 4. The summed E-state index contributed by atoms with van der Waals surface area (Å²) in [7, 11) is 0. The summed E-state index contributed by atoms with van der Waals surface area (Å²) < 4.78 is 0. The number of para-hydroxylation sites is 1. The van der Waals surface area contributed by atoms with Gasteiger partial charge in [0.1, 0.15) is 11.2 Å². The molecule has 0 radical (unpaired) electrons. The second kappa shape index (κ2) is 6.34. The summed E-state index contributed by atoms with van der Waals surface area (Å²) in [5.41, 5.74) is -0.727. The van der Waals surface area contributed by atoms with Gasteiger partial charge in [0.25, 0.3) is 0 Å². The van der Waals surface area contributed by atoms with Crippen molar-refractivity contribution in [2.24, 2.45) is 0 Å². The Morgan fingerprint density at radius 3 is 2.22 bits per heavy atom. The number of carboxylic acid groups (broad SMARTS) is 2. The van der Waals surface area contributed by atoms with Crippen molar-refractivity contribution in [1.82, 2.24) is 0 Å². The Morgan fingerprint density at radius 2 is 1.70 bits per heavy atom. The van der Waals surface area contributed by atoms with Gasteiger partial charge in [-0.3, -0.25) is 9.59 Å². The van der Waals surface area contributed by atoms with Crippen LogP contribution < -0.4 is 0 Å². The van der Waals surface area contributed by atoms with Gasteiger partial charge in [0.2, 0.25) is 0 Å². The molecule has 23 heavy (non-hydrogen) atoms. The molecule has 0 saturated carbocycles. The third-order valence-electron chi connectivity index (χ3n) is 3.87. The smallest absolute Gasteiger partial charge is 0.318 e. The molecule has 120 valence electrons. The summed E-state index contributed by atoms with van der Waals surface area (Å²) in [6.45, 7) is 1.47. The summed E-state index contributed by atoms with van der Waals surface area (Å²) >= 11 is 4.18. The summed E-state index contributed by atoms with van der Waals surface area (Å²) in [6.07, 6.45) is -0.384. The van der Waals surface area contributed by atoms with Crippen LogP contribution in [0.4, 0.5) is 0 Å². The molecule has 0 amide bonds. The van der Waals surface area contributed by atoms with Crippen molar-refractivity contribution in [1.29, 1.82) is 0 Å². The second-order valence-electron chi connectivity index (χ2n) is 5.36.